The van der Waals surface area contributed by atoms with E-state index in [4.69, 9.17) is 9.41 Å². The van der Waals surface area contributed by atoms with Crippen LogP contribution in [0.5, 0.6) is 0 Å². The van der Waals surface area contributed by atoms with Crippen molar-refractivity contribution in [2.24, 2.45) is 4.99 Å². The van der Waals surface area contributed by atoms with E-state index in [9.17, 15) is 0 Å². The summed E-state index contributed by atoms with van der Waals surface area (Å²) in [5, 5.41) is 8.27. The molecule has 1 atom stereocenters. The number of aliphatic imine (C=N–C) groups is 1. The number of rotatable bonds is 4. The molecule has 0 saturated heterocycles. The number of aromatic nitrogens is 1. The van der Waals surface area contributed by atoms with Gasteiger partial charge in [-0.2, -0.15) is 0 Å². The van der Waals surface area contributed by atoms with Crippen LogP contribution in [0.25, 0.3) is 66.0 Å². The Morgan fingerprint density at radius 3 is 2.02 bits per heavy atom. The molecule has 1 unspecified atom stereocenters. The molecular formula is C44H29N3O. The fourth-order valence-corrected chi connectivity index (χ4v) is 7.39. The van der Waals surface area contributed by atoms with Gasteiger partial charge in [-0.3, -0.25) is 0 Å². The minimum absolute atomic E-state index is 0.386. The van der Waals surface area contributed by atoms with Crippen molar-refractivity contribution in [1.29, 1.82) is 0 Å². The molecule has 1 aliphatic heterocycles. The molecule has 4 heteroatoms. The predicted molar refractivity (Wildman–Crippen MR) is 199 cm³/mol. The molecule has 1 N–H and O–H groups in total. The number of hydrogen-bond donors (Lipinski definition) is 1. The van der Waals surface area contributed by atoms with E-state index in [1.807, 2.05) is 18.2 Å². The number of benzene rings is 7. The highest BCUT2D eigenvalue weighted by Crippen LogP contribution is 2.43. The van der Waals surface area contributed by atoms with E-state index in [0.29, 0.717) is 0 Å². The second kappa shape index (κ2) is 10.6. The van der Waals surface area contributed by atoms with Crippen molar-refractivity contribution in [3.63, 3.8) is 0 Å². The Hall–Kier alpha value is -6.39. The Kier molecular flexibility index (Phi) is 5.90. The summed E-state index contributed by atoms with van der Waals surface area (Å²) in [6.07, 6.45) is -0.386. The molecule has 48 heavy (non-hydrogen) atoms. The third-order valence-electron chi connectivity index (χ3n) is 9.62. The number of furan rings is 1. The van der Waals surface area contributed by atoms with Crippen LogP contribution in [0.15, 0.2) is 173 Å². The number of para-hydroxylation sites is 2. The molecule has 3 heterocycles. The fourth-order valence-electron chi connectivity index (χ4n) is 7.39. The zero-order chi connectivity index (χ0) is 31.6. The van der Waals surface area contributed by atoms with Crippen molar-refractivity contribution in [2.75, 3.05) is 5.32 Å². The first kappa shape index (κ1) is 26.8. The van der Waals surface area contributed by atoms with Crippen LogP contribution in [-0.4, -0.2) is 10.3 Å². The molecule has 4 nitrogen and oxygen atoms in total. The van der Waals surface area contributed by atoms with Crippen LogP contribution in [0.4, 0.5) is 5.69 Å². The van der Waals surface area contributed by atoms with E-state index in [-0.39, 0.29) is 6.29 Å². The van der Waals surface area contributed by atoms with Crippen molar-refractivity contribution in [3.8, 4) is 22.3 Å². The monoisotopic (exact) mass is 615 g/mol. The van der Waals surface area contributed by atoms with Gasteiger partial charge in [0.2, 0.25) is 6.29 Å². The average molecular weight is 616 g/mol. The SMILES string of the molecule is c1ccc(C2=NC(n3c4cc(-c5cccc(-c6ccccc6)c5)ccc4c4c5oc6ccccc6c5ccc43)Nc3ccccc32)cc1. The lowest BCUT2D eigenvalue weighted by molar-refractivity contribution is 0.624. The van der Waals surface area contributed by atoms with Crippen LogP contribution in [0.1, 0.15) is 17.4 Å². The molecule has 0 aliphatic carbocycles. The van der Waals surface area contributed by atoms with Crippen molar-refractivity contribution in [3.05, 3.63) is 175 Å². The van der Waals surface area contributed by atoms with Gasteiger partial charge in [0.1, 0.15) is 11.2 Å². The number of anilines is 1. The average Bonchev–Trinajstić information content (AvgIpc) is 3.70. The normalized spacial score (nSPS) is 14.3. The molecule has 0 fully saturated rings. The van der Waals surface area contributed by atoms with E-state index in [1.165, 1.54) is 16.7 Å². The number of nitrogens with zero attached hydrogens (tertiary/aromatic N) is 2. The lowest BCUT2D eigenvalue weighted by Crippen LogP contribution is -2.24. The topological polar surface area (TPSA) is 42.5 Å². The molecule has 2 aromatic heterocycles. The van der Waals surface area contributed by atoms with Gasteiger partial charge in [0.05, 0.1) is 22.1 Å². The first-order valence-corrected chi connectivity index (χ1v) is 16.3. The van der Waals surface area contributed by atoms with Crippen LogP contribution in [0.3, 0.4) is 0 Å². The van der Waals surface area contributed by atoms with Crippen LogP contribution < -0.4 is 5.32 Å². The molecule has 1 aliphatic rings. The number of fused-ring (bicyclic) bond motifs is 8. The number of hydrogen-bond acceptors (Lipinski definition) is 3. The summed E-state index contributed by atoms with van der Waals surface area (Å²) < 4.78 is 8.98. The summed E-state index contributed by atoms with van der Waals surface area (Å²) in [4.78, 5) is 5.45. The molecule has 7 aromatic carbocycles. The molecule has 10 rings (SSSR count). The highest BCUT2D eigenvalue weighted by atomic mass is 16.3. The highest BCUT2D eigenvalue weighted by molar-refractivity contribution is 6.24. The van der Waals surface area contributed by atoms with Gasteiger partial charge < -0.3 is 14.3 Å². The van der Waals surface area contributed by atoms with Gasteiger partial charge >= 0.3 is 0 Å². The van der Waals surface area contributed by atoms with E-state index in [2.05, 4.69) is 155 Å². The third kappa shape index (κ3) is 4.13. The maximum absolute atomic E-state index is 6.63. The van der Waals surface area contributed by atoms with Gasteiger partial charge in [0.25, 0.3) is 0 Å². The zero-order valence-corrected chi connectivity index (χ0v) is 26.0. The summed E-state index contributed by atoms with van der Waals surface area (Å²) in [5.41, 5.74) is 12.9. The van der Waals surface area contributed by atoms with Gasteiger partial charge in [-0.05, 0) is 58.7 Å². The molecule has 9 aromatic rings. The minimum atomic E-state index is -0.386. The molecule has 0 radical (unpaired) electrons. The lowest BCUT2D eigenvalue weighted by Gasteiger charge is -2.28. The van der Waals surface area contributed by atoms with Crippen molar-refractivity contribution in [1.82, 2.24) is 4.57 Å². The van der Waals surface area contributed by atoms with Crippen molar-refractivity contribution in [2.45, 2.75) is 6.29 Å². The predicted octanol–water partition coefficient (Wildman–Crippen LogP) is 11.4. The van der Waals surface area contributed by atoms with Crippen LogP contribution >= 0.6 is 0 Å². The highest BCUT2D eigenvalue weighted by Gasteiger charge is 2.27. The molecular weight excluding hydrogens is 587 g/mol. The number of nitrogens with one attached hydrogen (secondary N) is 1. The van der Waals surface area contributed by atoms with Crippen molar-refractivity contribution >= 4 is 55.1 Å². The summed E-state index contributed by atoms with van der Waals surface area (Å²) in [6, 6.07) is 57.8. The van der Waals surface area contributed by atoms with Crippen LogP contribution in [0.2, 0.25) is 0 Å². The van der Waals surface area contributed by atoms with Gasteiger partial charge in [0, 0.05) is 33.0 Å². The summed E-state index contributed by atoms with van der Waals surface area (Å²) >= 11 is 0. The molecule has 226 valence electrons. The lowest BCUT2D eigenvalue weighted by atomic mass is 9.98. The first-order valence-electron chi connectivity index (χ1n) is 16.3. The van der Waals surface area contributed by atoms with Gasteiger partial charge in [0.15, 0.2) is 0 Å². The van der Waals surface area contributed by atoms with Crippen molar-refractivity contribution < 1.29 is 4.42 Å². The largest absolute Gasteiger partial charge is 0.455 e. The van der Waals surface area contributed by atoms with Crippen LogP contribution in [-0.2, 0) is 0 Å². The Labute approximate surface area is 277 Å². The Morgan fingerprint density at radius 2 is 1.17 bits per heavy atom. The van der Waals surface area contributed by atoms with E-state index in [1.54, 1.807) is 0 Å². The molecule has 0 amide bonds. The van der Waals surface area contributed by atoms with Crippen LogP contribution in [0, 0.1) is 0 Å². The second-order valence-electron chi connectivity index (χ2n) is 12.4. The third-order valence-corrected chi connectivity index (χ3v) is 9.62. The molecule has 0 bridgehead atoms. The summed E-state index contributed by atoms with van der Waals surface area (Å²) in [6.45, 7) is 0. The van der Waals surface area contributed by atoms with E-state index < -0.39 is 0 Å². The second-order valence-corrected chi connectivity index (χ2v) is 12.4. The standard InChI is InChI=1S/C44H29N3O/c1-3-12-28(13-4-1)30-16-11-17-31(26-30)32-22-23-36-39(27-32)47(38-25-24-34-33-18-8-10-21-40(33)48-43(34)41(36)38)44-45-37-20-9-7-19-35(37)42(46-44)29-14-5-2-6-15-29/h1-27,44-45H. The Balaban J connectivity index is 1.25. The van der Waals surface area contributed by atoms with Gasteiger partial charge in [-0.25, -0.2) is 4.99 Å². The summed E-state index contributed by atoms with van der Waals surface area (Å²) in [7, 11) is 0. The Bertz CT molecular complexity index is 2700. The Morgan fingerprint density at radius 1 is 0.500 bits per heavy atom. The van der Waals surface area contributed by atoms with Gasteiger partial charge in [-0.1, -0.05) is 127 Å². The smallest absolute Gasteiger partial charge is 0.201 e. The molecule has 0 spiro atoms. The maximum Gasteiger partial charge on any atom is 0.201 e. The minimum Gasteiger partial charge on any atom is -0.455 e. The van der Waals surface area contributed by atoms with Gasteiger partial charge in [-0.15, -0.1) is 0 Å². The molecule has 0 saturated carbocycles. The fraction of sp³-hybridized carbons (Fsp3) is 0.0227. The zero-order valence-electron chi connectivity index (χ0n) is 26.0. The van der Waals surface area contributed by atoms with E-state index >= 15 is 0 Å². The maximum atomic E-state index is 6.63. The van der Waals surface area contributed by atoms with E-state index in [0.717, 1.165) is 71.8 Å². The first-order chi connectivity index (χ1) is 23.8. The summed E-state index contributed by atoms with van der Waals surface area (Å²) in [5.74, 6) is 0. The quantitative estimate of drug-likeness (QED) is 0.214.